The summed E-state index contributed by atoms with van der Waals surface area (Å²) in [6.07, 6.45) is 6.17. The Labute approximate surface area is 85.7 Å². The lowest BCUT2D eigenvalue weighted by molar-refractivity contribution is -0.117. The Balaban J connectivity index is 2.07. The molecular weight excluding hydrogens is 180 g/mol. The molecular formula is C11H20OS. The molecule has 0 aliphatic heterocycles. The molecule has 0 saturated heterocycles. The van der Waals surface area contributed by atoms with Crippen molar-refractivity contribution in [2.45, 2.75) is 51.2 Å². The minimum Gasteiger partial charge on any atom is -0.299 e. The number of Topliss-reactive ketones (excluding diaryl/α,β-unsaturated/α-hetero) is 1. The first kappa shape index (κ1) is 11.1. The van der Waals surface area contributed by atoms with Crippen LogP contribution >= 0.6 is 11.8 Å². The van der Waals surface area contributed by atoms with Crippen LogP contribution in [-0.4, -0.2) is 16.8 Å². The van der Waals surface area contributed by atoms with E-state index in [9.17, 15) is 4.79 Å². The molecule has 0 heterocycles. The van der Waals surface area contributed by atoms with Gasteiger partial charge in [-0.1, -0.05) is 26.7 Å². The molecule has 1 fully saturated rings. The summed E-state index contributed by atoms with van der Waals surface area (Å²) in [5.74, 6) is 1.71. The Bertz CT molecular complexity index is 159. The van der Waals surface area contributed by atoms with Gasteiger partial charge in [0.15, 0.2) is 0 Å². The van der Waals surface area contributed by atoms with Crippen molar-refractivity contribution in [2.75, 3.05) is 5.75 Å². The fourth-order valence-corrected chi connectivity index (χ4v) is 2.99. The first-order valence-electron chi connectivity index (χ1n) is 5.32. The van der Waals surface area contributed by atoms with E-state index in [1.165, 1.54) is 25.7 Å². The van der Waals surface area contributed by atoms with Gasteiger partial charge in [-0.05, 0) is 18.8 Å². The molecule has 0 amide bonds. The second-order valence-corrected chi connectivity index (χ2v) is 5.64. The van der Waals surface area contributed by atoms with Crippen molar-refractivity contribution in [1.29, 1.82) is 0 Å². The molecule has 1 aliphatic carbocycles. The smallest absolute Gasteiger partial charge is 0.143 e. The highest BCUT2D eigenvalue weighted by molar-refractivity contribution is 8.00. The standard InChI is InChI=1S/C11H20OS/c1-9(2)7-10(12)8-13-11-5-3-4-6-11/h9,11H,3-8H2,1-2H3. The van der Waals surface area contributed by atoms with E-state index in [1.54, 1.807) is 0 Å². The van der Waals surface area contributed by atoms with Gasteiger partial charge in [0, 0.05) is 11.7 Å². The van der Waals surface area contributed by atoms with Gasteiger partial charge in [0.25, 0.3) is 0 Å². The molecule has 0 N–H and O–H groups in total. The Morgan fingerprint density at radius 3 is 2.54 bits per heavy atom. The van der Waals surface area contributed by atoms with Gasteiger partial charge in [0.1, 0.15) is 5.78 Å². The highest BCUT2D eigenvalue weighted by Crippen LogP contribution is 2.29. The molecule has 0 atom stereocenters. The van der Waals surface area contributed by atoms with Gasteiger partial charge in [-0.15, -0.1) is 0 Å². The van der Waals surface area contributed by atoms with Crippen LogP contribution in [0.25, 0.3) is 0 Å². The van der Waals surface area contributed by atoms with Crippen molar-refractivity contribution in [3.63, 3.8) is 0 Å². The van der Waals surface area contributed by atoms with E-state index in [-0.39, 0.29) is 0 Å². The van der Waals surface area contributed by atoms with Crippen LogP contribution in [0.5, 0.6) is 0 Å². The number of hydrogen-bond donors (Lipinski definition) is 0. The zero-order valence-electron chi connectivity index (χ0n) is 8.71. The molecule has 0 unspecified atom stereocenters. The van der Waals surface area contributed by atoms with Crippen LogP contribution in [0, 0.1) is 5.92 Å². The van der Waals surface area contributed by atoms with Crippen LogP contribution < -0.4 is 0 Å². The minimum atomic E-state index is 0.437. The number of ketones is 1. The van der Waals surface area contributed by atoms with Gasteiger partial charge in [-0.2, -0.15) is 11.8 Å². The molecule has 0 spiro atoms. The van der Waals surface area contributed by atoms with E-state index in [0.29, 0.717) is 11.7 Å². The first-order chi connectivity index (χ1) is 6.18. The number of thioether (sulfide) groups is 1. The molecule has 1 rings (SSSR count). The monoisotopic (exact) mass is 200 g/mol. The summed E-state index contributed by atoms with van der Waals surface area (Å²) in [5, 5.41) is 0.788. The molecule has 2 heteroatoms. The highest BCUT2D eigenvalue weighted by atomic mass is 32.2. The molecule has 1 saturated carbocycles. The van der Waals surface area contributed by atoms with Crippen LogP contribution in [0.2, 0.25) is 0 Å². The van der Waals surface area contributed by atoms with Crippen molar-refractivity contribution in [1.82, 2.24) is 0 Å². The molecule has 76 valence electrons. The van der Waals surface area contributed by atoms with Gasteiger partial charge < -0.3 is 0 Å². The van der Waals surface area contributed by atoms with Crippen LogP contribution in [0.15, 0.2) is 0 Å². The molecule has 0 radical (unpaired) electrons. The van der Waals surface area contributed by atoms with Gasteiger partial charge in [0.05, 0.1) is 5.75 Å². The van der Waals surface area contributed by atoms with Crippen molar-refractivity contribution in [2.24, 2.45) is 5.92 Å². The Morgan fingerprint density at radius 1 is 1.38 bits per heavy atom. The van der Waals surface area contributed by atoms with Gasteiger partial charge in [0.2, 0.25) is 0 Å². The topological polar surface area (TPSA) is 17.1 Å². The van der Waals surface area contributed by atoms with Crippen LogP contribution in [-0.2, 0) is 4.79 Å². The van der Waals surface area contributed by atoms with E-state index >= 15 is 0 Å². The summed E-state index contributed by atoms with van der Waals surface area (Å²) >= 11 is 1.88. The number of hydrogen-bond acceptors (Lipinski definition) is 2. The van der Waals surface area contributed by atoms with Gasteiger partial charge >= 0.3 is 0 Å². The Hall–Kier alpha value is 0.0200. The predicted octanol–water partition coefficient (Wildman–Crippen LogP) is 3.28. The third-order valence-corrected chi connectivity index (χ3v) is 3.85. The normalized spacial score (nSPS) is 18.4. The molecule has 1 nitrogen and oxygen atoms in total. The summed E-state index contributed by atoms with van der Waals surface area (Å²) in [4.78, 5) is 11.4. The van der Waals surface area contributed by atoms with Crippen molar-refractivity contribution < 1.29 is 4.79 Å². The van der Waals surface area contributed by atoms with E-state index in [1.807, 2.05) is 11.8 Å². The number of carbonyl (C=O) groups excluding carboxylic acids is 1. The maximum atomic E-state index is 11.4. The van der Waals surface area contributed by atoms with Crippen molar-refractivity contribution >= 4 is 17.5 Å². The molecule has 13 heavy (non-hydrogen) atoms. The SMILES string of the molecule is CC(C)CC(=O)CSC1CCCC1. The zero-order chi connectivity index (χ0) is 9.68. The maximum absolute atomic E-state index is 11.4. The largest absolute Gasteiger partial charge is 0.299 e. The molecule has 0 aromatic rings. The van der Waals surface area contributed by atoms with Crippen LogP contribution in [0.1, 0.15) is 46.0 Å². The van der Waals surface area contributed by atoms with Gasteiger partial charge in [-0.3, -0.25) is 4.79 Å². The van der Waals surface area contributed by atoms with Crippen molar-refractivity contribution in [3.8, 4) is 0 Å². The van der Waals surface area contributed by atoms with Crippen LogP contribution in [0.4, 0.5) is 0 Å². The second-order valence-electron chi connectivity index (χ2n) is 4.35. The third-order valence-electron chi connectivity index (χ3n) is 2.42. The minimum absolute atomic E-state index is 0.437. The lowest BCUT2D eigenvalue weighted by Crippen LogP contribution is -2.08. The number of carbonyl (C=O) groups is 1. The average molecular weight is 200 g/mol. The van der Waals surface area contributed by atoms with Crippen molar-refractivity contribution in [3.05, 3.63) is 0 Å². The third kappa shape index (κ3) is 4.70. The number of rotatable bonds is 5. The predicted molar refractivity (Wildman–Crippen MR) is 59.2 cm³/mol. The van der Waals surface area contributed by atoms with Crippen LogP contribution in [0.3, 0.4) is 0 Å². The fraction of sp³-hybridized carbons (Fsp3) is 0.909. The maximum Gasteiger partial charge on any atom is 0.143 e. The highest BCUT2D eigenvalue weighted by Gasteiger charge is 2.16. The molecule has 1 aliphatic rings. The van der Waals surface area contributed by atoms with Gasteiger partial charge in [-0.25, -0.2) is 0 Å². The molecule has 0 aromatic heterocycles. The van der Waals surface area contributed by atoms with E-state index in [2.05, 4.69) is 13.8 Å². The molecule has 0 aromatic carbocycles. The van der Waals surface area contributed by atoms with E-state index in [4.69, 9.17) is 0 Å². The van der Waals surface area contributed by atoms with E-state index < -0.39 is 0 Å². The summed E-state index contributed by atoms with van der Waals surface area (Å²) < 4.78 is 0. The first-order valence-corrected chi connectivity index (χ1v) is 6.36. The average Bonchev–Trinajstić information content (AvgIpc) is 2.51. The lowest BCUT2D eigenvalue weighted by Gasteiger charge is -2.08. The summed E-state index contributed by atoms with van der Waals surface area (Å²) in [5.41, 5.74) is 0. The fourth-order valence-electron chi connectivity index (χ4n) is 1.78. The summed E-state index contributed by atoms with van der Waals surface area (Å²) in [7, 11) is 0. The zero-order valence-corrected chi connectivity index (χ0v) is 9.53. The quantitative estimate of drug-likeness (QED) is 0.677. The summed E-state index contributed by atoms with van der Waals surface area (Å²) in [6.45, 7) is 4.22. The lowest BCUT2D eigenvalue weighted by atomic mass is 10.1. The Kier molecular flexibility index (Phi) is 4.86. The Morgan fingerprint density at radius 2 is 2.00 bits per heavy atom. The summed E-state index contributed by atoms with van der Waals surface area (Å²) in [6, 6.07) is 0. The second kappa shape index (κ2) is 5.69. The van der Waals surface area contributed by atoms with E-state index in [0.717, 1.165) is 17.4 Å². The molecule has 0 bridgehead atoms.